The van der Waals surface area contributed by atoms with Crippen molar-refractivity contribution in [2.45, 2.75) is 35.1 Å². The highest BCUT2D eigenvalue weighted by Gasteiger charge is 2.44. The molecule has 0 bridgehead atoms. The minimum atomic E-state index is -3.60. The first-order chi connectivity index (χ1) is 10.5. The summed E-state index contributed by atoms with van der Waals surface area (Å²) in [6.45, 7) is 0.235. The van der Waals surface area contributed by atoms with E-state index in [4.69, 9.17) is 18.9 Å². The predicted octanol–water partition coefficient (Wildman–Crippen LogP) is 1.25. The number of hydrogen-bond acceptors (Lipinski definition) is 6. The van der Waals surface area contributed by atoms with E-state index in [2.05, 4.69) is 0 Å². The van der Waals surface area contributed by atoms with E-state index in [9.17, 15) is 8.42 Å². The van der Waals surface area contributed by atoms with E-state index in [1.165, 1.54) is 14.2 Å². The molecule has 7 heteroatoms. The molecule has 2 rings (SSSR count). The second-order valence-electron chi connectivity index (χ2n) is 5.13. The molecule has 124 valence electrons. The van der Waals surface area contributed by atoms with Crippen LogP contribution in [0, 0.1) is 0 Å². The van der Waals surface area contributed by atoms with Gasteiger partial charge in [-0.3, -0.25) is 0 Å². The van der Waals surface area contributed by atoms with Crippen LogP contribution in [0.3, 0.4) is 0 Å². The average Bonchev–Trinajstić information content (AvgIpc) is 2.55. The van der Waals surface area contributed by atoms with Crippen molar-refractivity contribution in [3.63, 3.8) is 0 Å². The van der Waals surface area contributed by atoms with Gasteiger partial charge in [-0.05, 0) is 12.1 Å². The Morgan fingerprint density at radius 3 is 2.36 bits per heavy atom. The average molecular weight is 330 g/mol. The van der Waals surface area contributed by atoms with Crippen molar-refractivity contribution in [2.24, 2.45) is 0 Å². The minimum absolute atomic E-state index is 0.215. The summed E-state index contributed by atoms with van der Waals surface area (Å²) in [5, 5.41) is 0. The summed E-state index contributed by atoms with van der Waals surface area (Å²) >= 11 is 0. The van der Waals surface area contributed by atoms with Crippen molar-refractivity contribution in [1.82, 2.24) is 0 Å². The van der Waals surface area contributed by atoms with Gasteiger partial charge in [-0.1, -0.05) is 18.2 Å². The van der Waals surface area contributed by atoms with Gasteiger partial charge in [0.1, 0.15) is 12.2 Å². The van der Waals surface area contributed by atoms with Gasteiger partial charge < -0.3 is 18.9 Å². The van der Waals surface area contributed by atoms with Crippen LogP contribution < -0.4 is 0 Å². The van der Waals surface area contributed by atoms with Crippen molar-refractivity contribution in [1.29, 1.82) is 0 Å². The quantitative estimate of drug-likeness (QED) is 0.782. The Labute approximate surface area is 131 Å². The Kier molecular flexibility index (Phi) is 5.94. The summed E-state index contributed by atoms with van der Waals surface area (Å²) in [6.07, 6.45) is -1.03. The second-order valence-corrected chi connectivity index (χ2v) is 7.21. The molecule has 0 radical (unpaired) electrons. The highest BCUT2D eigenvalue weighted by atomic mass is 32.2. The van der Waals surface area contributed by atoms with Gasteiger partial charge in [-0.15, -0.1) is 0 Å². The van der Waals surface area contributed by atoms with E-state index >= 15 is 0 Å². The van der Waals surface area contributed by atoms with Gasteiger partial charge in [-0.2, -0.15) is 0 Å². The van der Waals surface area contributed by atoms with E-state index in [-0.39, 0.29) is 30.1 Å². The number of sulfone groups is 1. The molecule has 1 fully saturated rings. The van der Waals surface area contributed by atoms with Crippen molar-refractivity contribution in [3.05, 3.63) is 30.3 Å². The summed E-state index contributed by atoms with van der Waals surface area (Å²) in [6, 6.07) is 8.28. The van der Waals surface area contributed by atoms with E-state index in [0.717, 1.165) is 0 Å². The molecule has 1 aromatic rings. The predicted molar refractivity (Wildman–Crippen MR) is 80.4 cm³/mol. The Morgan fingerprint density at radius 1 is 1.14 bits per heavy atom. The molecular weight excluding hydrogens is 308 g/mol. The van der Waals surface area contributed by atoms with Crippen LogP contribution in [-0.2, 0) is 28.8 Å². The number of benzene rings is 1. The van der Waals surface area contributed by atoms with E-state index in [0.29, 0.717) is 0 Å². The maximum Gasteiger partial charge on any atom is 0.205 e. The van der Waals surface area contributed by atoms with Crippen molar-refractivity contribution < 1.29 is 27.4 Å². The van der Waals surface area contributed by atoms with Crippen molar-refractivity contribution in [3.8, 4) is 0 Å². The van der Waals surface area contributed by atoms with Gasteiger partial charge >= 0.3 is 0 Å². The molecule has 1 saturated heterocycles. The molecule has 1 aromatic carbocycles. The van der Waals surface area contributed by atoms with E-state index < -0.39 is 21.4 Å². The fourth-order valence-corrected chi connectivity index (χ4v) is 4.26. The van der Waals surface area contributed by atoms with Gasteiger partial charge in [0.25, 0.3) is 0 Å². The standard InChI is InChI=1S/C15H22O6S/c1-18-10-13-15(20-3)12(19-2)9-14(21-13)22(16,17)11-7-5-4-6-8-11/h4-8,12-15H,9-10H2,1-3H3/t12-,13-,14-,15+/m1/s1. The van der Waals surface area contributed by atoms with Crippen LogP contribution in [-0.4, -0.2) is 60.1 Å². The normalized spacial score (nSPS) is 29.4. The number of methoxy groups -OCH3 is 3. The smallest absolute Gasteiger partial charge is 0.205 e. The lowest BCUT2D eigenvalue weighted by Crippen LogP contribution is -2.53. The first kappa shape index (κ1) is 17.4. The molecule has 0 spiro atoms. The van der Waals surface area contributed by atoms with Crippen LogP contribution in [0.2, 0.25) is 0 Å². The van der Waals surface area contributed by atoms with Crippen LogP contribution >= 0.6 is 0 Å². The third-order valence-corrected chi connectivity index (χ3v) is 5.73. The van der Waals surface area contributed by atoms with Gasteiger partial charge in [0.15, 0.2) is 5.44 Å². The highest BCUT2D eigenvalue weighted by Crippen LogP contribution is 2.30. The SMILES string of the molecule is COC[C@H]1O[C@H](S(=O)(=O)c2ccccc2)C[C@@H](OC)[C@@H]1OC. The monoisotopic (exact) mass is 330 g/mol. The zero-order chi connectivity index (χ0) is 16.2. The lowest BCUT2D eigenvalue weighted by Gasteiger charge is -2.39. The molecule has 0 N–H and O–H groups in total. The highest BCUT2D eigenvalue weighted by molar-refractivity contribution is 7.91. The largest absolute Gasteiger partial charge is 0.382 e. The molecule has 0 amide bonds. The van der Waals surface area contributed by atoms with Crippen LogP contribution in [0.25, 0.3) is 0 Å². The van der Waals surface area contributed by atoms with Crippen LogP contribution in [0.1, 0.15) is 6.42 Å². The van der Waals surface area contributed by atoms with Gasteiger partial charge in [0, 0.05) is 27.8 Å². The molecule has 22 heavy (non-hydrogen) atoms. The van der Waals surface area contributed by atoms with Gasteiger partial charge in [-0.25, -0.2) is 8.42 Å². The first-order valence-electron chi connectivity index (χ1n) is 7.03. The van der Waals surface area contributed by atoms with E-state index in [1.807, 2.05) is 0 Å². The van der Waals surface area contributed by atoms with E-state index in [1.54, 1.807) is 37.4 Å². The van der Waals surface area contributed by atoms with Crippen LogP contribution in [0.5, 0.6) is 0 Å². The topological polar surface area (TPSA) is 71.1 Å². The van der Waals surface area contributed by atoms with Crippen molar-refractivity contribution >= 4 is 9.84 Å². The Bertz CT molecular complexity index is 559. The summed E-state index contributed by atoms with van der Waals surface area (Å²) in [5.74, 6) is 0. The summed E-state index contributed by atoms with van der Waals surface area (Å²) in [5.41, 5.74) is -0.980. The maximum absolute atomic E-state index is 12.7. The van der Waals surface area contributed by atoms with Crippen LogP contribution in [0.4, 0.5) is 0 Å². The lowest BCUT2D eigenvalue weighted by atomic mass is 10.0. The molecule has 0 unspecified atom stereocenters. The third kappa shape index (κ3) is 3.49. The van der Waals surface area contributed by atoms with Gasteiger partial charge in [0.2, 0.25) is 9.84 Å². The number of hydrogen-bond donors (Lipinski definition) is 0. The summed E-state index contributed by atoms with van der Waals surface area (Å²) < 4.78 is 47.2. The first-order valence-corrected chi connectivity index (χ1v) is 8.58. The van der Waals surface area contributed by atoms with Gasteiger partial charge in [0.05, 0.1) is 17.6 Å². The Hall–Kier alpha value is -0.990. The third-order valence-electron chi connectivity index (χ3n) is 3.81. The Morgan fingerprint density at radius 2 is 1.82 bits per heavy atom. The molecule has 0 aliphatic carbocycles. The lowest BCUT2D eigenvalue weighted by molar-refractivity contribution is -0.181. The Balaban J connectivity index is 2.28. The molecule has 6 nitrogen and oxygen atoms in total. The zero-order valence-corrected chi connectivity index (χ0v) is 13.8. The second kappa shape index (κ2) is 7.52. The van der Waals surface area contributed by atoms with Crippen molar-refractivity contribution in [2.75, 3.05) is 27.9 Å². The number of ether oxygens (including phenoxy) is 4. The number of rotatable bonds is 6. The molecule has 1 heterocycles. The molecule has 1 aliphatic heterocycles. The molecule has 0 saturated carbocycles. The molecule has 0 aromatic heterocycles. The molecule has 1 aliphatic rings. The fourth-order valence-electron chi connectivity index (χ4n) is 2.69. The summed E-state index contributed by atoms with van der Waals surface area (Å²) in [7, 11) is 1.02. The fraction of sp³-hybridized carbons (Fsp3) is 0.600. The van der Waals surface area contributed by atoms with Crippen LogP contribution in [0.15, 0.2) is 35.2 Å². The summed E-state index contributed by atoms with van der Waals surface area (Å²) in [4.78, 5) is 0.238. The molecule has 4 atom stereocenters. The maximum atomic E-state index is 12.7. The minimum Gasteiger partial charge on any atom is -0.382 e. The zero-order valence-electron chi connectivity index (χ0n) is 13.0. The molecular formula is C15H22O6S.